The van der Waals surface area contributed by atoms with E-state index >= 15 is 0 Å². The minimum Gasteiger partial charge on any atom is -0.359 e. The lowest BCUT2D eigenvalue weighted by molar-refractivity contribution is -0.128. The Kier molecular flexibility index (Phi) is 11.9. The van der Waals surface area contributed by atoms with Crippen molar-refractivity contribution in [3.8, 4) is 0 Å². The van der Waals surface area contributed by atoms with E-state index in [0.29, 0.717) is 18.5 Å². The number of nitrogens with one attached hydrogen (secondary N) is 3. The highest BCUT2D eigenvalue weighted by molar-refractivity contribution is 14.0. The number of hydrogen-bond acceptors (Lipinski definition) is 4. The van der Waals surface area contributed by atoms with Crippen LogP contribution in [0.4, 0.5) is 0 Å². The number of carbonyl (C=O) groups is 2. The van der Waals surface area contributed by atoms with Crippen LogP contribution in [-0.2, 0) is 9.59 Å². The van der Waals surface area contributed by atoms with Gasteiger partial charge in [-0.3, -0.25) is 14.5 Å². The third kappa shape index (κ3) is 8.63. The lowest BCUT2D eigenvalue weighted by Crippen LogP contribution is -2.49. The highest BCUT2D eigenvalue weighted by Crippen LogP contribution is 2.16. The summed E-state index contributed by atoms with van der Waals surface area (Å²) in [5.41, 5.74) is -0.578. The molecule has 158 valence electrons. The van der Waals surface area contributed by atoms with Crippen LogP contribution in [0.1, 0.15) is 33.6 Å². The summed E-state index contributed by atoms with van der Waals surface area (Å²) in [4.78, 5) is 32.2. The van der Waals surface area contributed by atoms with Crippen LogP contribution >= 0.6 is 24.0 Å². The molecule has 1 saturated heterocycles. The summed E-state index contributed by atoms with van der Waals surface area (Å²) in [6.07, 6.45) is 2.37. The Morgan fingerprint density at radius 3 is 2.48 bits per heavy atom. The van der Waals surface area contributed by atoms with Crippen LogP contribution in [0.25, 0.3) is 0 Å². The van der Waals surface area contributed by atoms with E-state index < -0.39 is 5.41 Å². The third-order valence-electron chi connectivity index (χ3n) is 4.82. The lowest BCUT2D eigenvalue weighted by Gasteiger charge is -2.26. The fourth-order valence-corrected chi connectivity index (χ4v) is 2.94. The number of nitrogens with zero attached hydrogens (tertiary/aromatic N) is 3. The number of amides is 2. The summed E-state index contributed by atoms with van der Waals surface area (Å²) in [5, 5.41) is 9.24. The van der Waals surface area contributed by atoms with Gasteiger partial charge in [-0.15, -0.1) is 24.0 Å². The molecule has 2 amide bonds. The molecule has 0 saturated carbocycles. The minimum atomic E-state index is -0.578. The fourth-order valence-electron chi connectivity index (χ4n) is 2.94. The molecule has 1 heterocycles. The van der Waals surface area contributed by atoms with Gasteiger partial charge < -0.3 is 20.9 Å². The first kappa shape index (κ1) is 25.9. The van der Waals surface area contributed by atoms with Gasteiger partial charge in [0.1, 0.15) is 6.54 Å². The molecule has 0 aromatic carbocycles. The maximum absolute atomic E-state index is 12.0. The molecule has 0 aliphatic carbocycles. The van der Waals surface area contributed by atoms with Gasteiger partial charge in [-0.25, -0.2) is 4.99 Å². The largest absolute Gasteiger partial charge is 0.359 e. The van der Waals surface area contributed by atoms with Crippen LogP contribution in [0.3, 0.4) is 0 Å². The van der Waals surface area contributed by atoms with Crippen molar-refractivity contribution in [2.45, 2.75) is 39.7 Å². The summed E-state index contributed by atoms with van der Waals surface area (Å²) in [6.45, 7) is 9.36. The number of guanidine groups is 1. The van der Waals surface area contributed by atoms with E-state index in [9.17, 15) is 9.59 Å². The van der Waals surface area contributed by atoms with Gasteiger partial charge in [0, 0.05) is 40.3 Å². The highest BCUT2D eigenvalue weighted by Gasteiger charge is 2.27. The molecule has 0 aromatic heterocycles. The summed E-state index contributed by atoms with van der Waals surface area (Å²) >= 11 is 0. The first-order chi connectivity index (χ1) is 12.2. The standard InChI is InChI=1S/C18H36N6O2.HI/c1-7-24-10-8-9-14(24)11-20-17(21-12-15(25)23(5)6)22-13-18(2,3)16(26)19-4;/h14H,7-13H2,1-6H3,(H,19,26)(H2,20,21,22);1H. The van der Waals surface area contributed by atoms with E-state index in [2.05, 4.69) is 32.8 Å². The SMILES string of the molecule is CCN1CCCC1CNC(=NCC(=O)N(C)C)NCC(C)(C)C(=O)NC.I. The van der Waals surface area contributed by atoms with Gasteiger partial charge in [-0.05, 0) is 39.8 Å². The number of halogens is 1. The van der Waals surface area contributed by atoms with Crippen LogP contribution in [0, 0.1) is 5.41 Å². The second-order valence-electron chi connectivity index (χ2n) is 7.58. The first-order valence-corrected chi connectivity index (χ1v) is 9.39. The van der Waals surface area contributed by atoms with Gasteiger partial charge in [-0.1, -0.05) is 6.92 Å². The lowest BCUT2D eigenvalue weighted by atomic mass is 9.92. The van der Waals surface area contributed by atoms with Crippen molar-refractivity contribution in [3.05, 3.63) is 0 Å². The first-order valence-electron chi connectivity index (χ1n) is 9.39. The number of likely N-dealkylation sites (N-methyl/N-ethyl adjacent to an activating group) is 2. The van der Waals surface area contributed by atoms with E-state index in [1.807, 2.05) is 13.8 Å². The molecule has 0 bridgehead atoms. The Hall–Kier alpha value is -1.10. The average Bonchev–Trinajstić information content (AvgIpc) is 3.07. The number of aliphatic imine (C=N–C) groups is 1. The van der Waals surface area contributed by atoms with Crippen molar-refractivity contribution in [2.75, 3.05) is 53.9 Å². The molecule has 8 nitrogen and oxygen atoms in total. The Morgan fingerprint density at radius 1 is 1.26 bits per heavy atom. The quantitative estimate of drug-likeness (QED) is 0.259. The normalized spacial score (nSPS) is 17.9. The summed E-state index contributed by atoms with van der Waals surface area (Å²) < 4.78 is 0. The predicted molar refractivity (Wildman–Crippen MR) is 121 cm³/mol. The fraction of sp³-hybridized carbons (Fsp3) is 0.833. The number of carbonyl (C=O) groups excluding carboxylic acids is 2. The van der Waals surface area contributed by atoms with Gasteiger partial charge in [-0.2, -0.15) is 0 Å². The van der Waals surface area contributed by atoms with Gasteiger partial charge >= 0.3 is 0 Å². The number of likely N-dealkylation sites (tertiary alicyclic amines) is 1. The van der Waals surface area contributed by atoms with Gasteiger partial charge in [0.2, 0.25) is 11.8 Å². The topological polar surface area (TPSA) is 89.1 Å². The van der Waals surface area contributed by atoms with Crippen LogP contribution < -0.4 is 16.0 Å². The molecule has 27 heavy (non-hydrogen) atoms. The maximum Gasteiger partial charge on any atom is 0.243 e. The molecule has 0 aromatic rings. The zero-order valence-corrected chi connectivity index (χ0v) is 19.9. The van der Waals surface area contributed by atoms with Crippen molar-refractivity contribution in [1.82, 2.24) is 25.8 Å². The number of hydrogen-bond donors (Lipinski definition) is 3. The van der Waals surface area contributed by atoms with E-state index in [1.54, 1.807) is 21.1 Å². The summed E-state index contributed by atoms with van der Waals surface area (Å²) in [5.74, 6) is 0.467. The van der Waals surface area contributed by atoms with Crippen LogP contribution in [-0.4, -0.2) is 87.5 Å². The molecule has 1 fully saturated rings. The minimum absolute atomic E-state index is 0. The molecular formula is C18H37IN6O2. The van der Waals surface area contributed by atoms with E-state index in [-0.39, 0.29) is 42.3 Å². The highest BCUT2D eigenvalue weighted by atomic mass is 127. The van der Waals surface area contributed by atoms with Crippen molar-refractivity contribution in [3.63, 3.8) is 0 Å². The summed E-state index contributed by atoms with van der Waals surface area (Å²) in [7, 11) is 5.06. The smallest absolute Gasteiger partial charge is 0.243 e. The monoisotopic (exact) mass is 496 g/mol. The molecule has 1 aliphatic heterocycles. The number of rotatable bonds is 8. The van der Waals surface area contributed by atoms with Crippen LogP contribution in [0.5, 0.6) is 0 Å². The van der Waals surface area contributed by atoms with E-state index in [1.165, 1.54) is 11.3 Å². The molecular weight excluding hydrogens is 459 g/mol. The Labute approximate surface area is 180 Å². The second-order valence-corrected chi connectivity index (χ2v) is 7.58. The molecule has 9 heteroatoms. The Morgan fingerprint density at radius 2 is 1.93 bits per heavy atom. The summed E-state index contributed by atoms with van der Waals surface area (Å²) in [6, 6.07) is 0.475. The van der Waals surface area contributed by atoms with Crippen LogP contribution in [0.2, 0.25) is 0 Å². The Bertz CT molecular complexity index is 510. The average molecular weight is 496 g/mol. The Balaban J connectivity index is 0.00000676. The van der Waals surface area contributed by atoms with E-state index in [4.69, 9.17) is 0 Å². The zero-order valence-electron chi connectivity index (χ0n) is 17.6. The van der Waals surface area contributed by atoms with Gasteiger partial charge in [0.15, 0.2) is 5.96 Å². The molecule has 1 unspecified atom stereocenters. The molecule has 0 radical (unpaired) electrons. The second kappa shape index (κ2) is 12.4. The molecule has 1 rings (SSSR count). The zero-order chi connectivity index (χ0) is 19.7. The molecule has 1 atom stereocenters. The van der Waals surface area contributed by atoms with Gasteiger partial charge in [0.05, 0.1) is 5.41 Å². The maximum atomic E-state index is 12.0. The molecule has 0 spiro atoms. The van der Waals surface area contributed by atoms with Gasteiger partial charge in [0.25, 0.3) is 0 Å². The van der Waals surface area contributed by atoms with Crippen LogP contribution in [0.15, 0.2) is 4.99 Å². The van der Waals surface area contributed by atoms with E-state index in [0.717, 1.165) is 26.1 Å². The van der Waals surface area contributed by atoms with Crippen molar-refractivity contribution in [1.29, 1.82) is 0 Å². The predicted octanol–water partition coefficient (Wildman–Crippen LogP) is 0.484. The molecule has 1 aliphatic rings. The third-order valence-corrected chi connectivity index (χ3v) is 4.82. The van der Waals surface area contributed by atoms with Crippen molar-refractivity contribution >= 4 is 41.8 Å². The van der Waals surface area contributed by atoms with Crippen molar-refractivity contribution < 1.29 is 9.59 Å². The molecule has 3 N–H and O–H groups in total. The van der Waals surface area contributed by atoms with Crippen molar-refractivity contribution in [2.24, 2.45) is 10.4 Å².